The van der Waals surface area contributed by atoms with Gasteiger partial charge in [0.25, 0.3) is 0 Å². The van der Waals surface area contributed by atoms with Gasteiger partial charge in [-0.25, -0.2) is 8.78 Å². The lowest BCUT2D eigenvalue weighted by Crippen LogP contribution is -2.50. The van der Waals surface area contributed by atoms with E-state index in [1.807, 2.05) is 0 Å². The van der Waals surface area contributed by atoms with Crippen molar-refractivity contribution in [3.63, 3.8) is 0 Å². The molecule has 1 aliphatic carbocycles. The summed E-state index contributed by atoms with van der Waals surface area (Å²) in [6.45, 7) is -1.96. The normalized spacial score (nSPS) is 24.6. The summed E-state index contributed by atoms with van der Waals surface area (Å²) >= 11 is 0. The highest BCUT2D eigenvalue weighted by molar-refractivity contribution is 4.94. The van der Waals surface area contributed by atoms with Crippen LogP contribution in [-0.2, 0) is 0 Å². The highest BCUT2D eigenvalue weighted by Crippen LogP contribution is 2.45. The van der Waals surface area contributed by atoms with Gasteiger partial charge in [-0.2, -0.15) is 13.2 Å². The van der Waals surface area contributed by atoms with Gasteiger partial charge in [0.2, 0.25) is 5.67 Å². The van der Waals surface area contributed by atoms with Crippen LogP contribution in [0.5, 0.6) is 0 Å². The summed E-state index contributed by atoms with van der Waals surface area (Å²) in [6, 6.07) is 0. The van der Waals surface area contributed by atoms with Gasteiger partial charge in [0.15, 0.2) is 0 Å². The second-order valence-corrected chi connectivity index (χ2v) is 3.83. The number of hydrogen-bond acceptors (Lipinski definition) is 0. The molecule has 1 atom stereocenters. The van der Waals surface area contributed by atoms with E-state index in [1.165, 1.54) is 0 Å². The molecule has 0 bridgehead atoms. The van der Waals surface area contributed by atoms with Gasteiger partial charge in [-0.3, -0.25) is 0 Å². The molecule has 84 valence electrons. The molecule has 1 fully saturated rings. The van der Waals surface area contributed by atoms with Crippen LogP contribution in [-0.4, -0.2) is 18.5 Å². The van der Waals surface area contributed by atoms with Crippen LogP contribution in [0.1, 0.15) is 32.1 Å². The van der Waals surface area contributed by atoms with Gasteiger partial charge < -0.3 is 0 Å². The molecule has 0 aromatic carbocycles. The van der Waals surface area contributed by atoms with Crippen molar-refractivity contribution in [3.8, 4) is 0 Å². The topological polar surface area (TPSA) is 0 Å². The highest BCUT2D eigenvalue weighted by Gasteiger charge is 2.60. The minimum atomic E-state index is -5.08. The summed E-state index contributed by atoms with van der Waals surface area (Å²) in [5.74, 6) is -1.19. The minimum absolute atomic E-state index is 0.139. The summed E-state index contributed by atoms with van der Waals surface area (Å²) in [5, 5.41) is 0. The SMILES string of the molecule is FCC(F)(C1CCCCC1)C(F)(F)F. The highest BCUT2D eigenvalue weighted by atomic mass is 19.4. The molecule has 0 aliphatic heterocycles. The Hall–Kier alpha value is -0.350. The van der Waals surface area contributed by atoms with Gasteiger partial charge >= 0.3 is 6.18 Å². The van der Waals surface area contributed by atoms with Crippen molar-refractivity contribution < 1.29 is 22.0 Å². The lowest BCUT2D eigenvalue weighted by molar-refractivity contribution is -0.256. The molecule has 0 N–H and O–H groups in total. The quantitative estimate of drug-likeness (QED) is 0.616. The molecule has 0 aromatic heterocycles. The third-order valence-corrected chi connectivity index (χ3v) is 2.92. The van der Waals surface area contributed by atoms with Gasteiger partial charge in [-0.15, -0.1) is 0 Å². The van der Waals surface area contributed by atoms with Crippen molar-refractivity contribution in [2.24, 2.45) is 5.92 Å². The fraction of sp³-hybridized carbons (Fsp3) is 1.00. The van der Waals surface area contributed by atoms with E-state index in [2.05, 4.69) is 0 Å². The van der Waals surface area contributed by atoms with Crippen molar-refractivity contribution in [1.82, 2.24) is 0 Å². The standard InChI is InChI=1S/C9H13F5/c10-6-8(11,9(12,13)14)7-4-2-1-3-5-7/h7H,1-6H2. The van der Waals surface area contributed by atoms with Crippen LogP contribution in [0.2, 0.25) is 0 Å². The average molecular weight is 216 g/mol. The molecule has 0 spiro atoms. The van der Waals surface area contributed by atoms with E-state index in [0.29, 0.717) is 12.8 Å². The Morgan fingerprint density at radius 1 is 0.929 bits per heavy atom. The summed E-state index contributed by atoms with van der Waals surface area (Å²) in [5.41, 5.74) is -3.62. The molecule has 1 saturated carbocycles. The first-order valence-corrected chi connectivity index (χ1v) is 4.73. The number of alkyl halides is 5. The van der Waals surface area contributed by atoms with Crippen LogP contribution in [0.3, 0.4) is 0 Å². The van der Waals surface area contributed by atoms with Gasteiger partial charge in [0, 0.05) is 5.92 Å². The fourth-order valence-electron chi connectivity index (χ4n) is 1.98. The number of hydrogen-bond donors (Lipinski definition) is 0. The Bertz CT molecular complexity index is 182. The first kappa shape index (κ1) is 11.7. The Morgan fingerprint density at radius 3 is 1.79 bits per heavy atom. The first-order valence-electron chi connectivity index (χ1n) is 4.73. The summed E-state index contributed by atoms with van der Waals surface area (Å²) in [4.78, 5) is 0. The summed E-state index contributed by atoms with van der Waals surface area (Å²) < 4.78 is 62.5. The smallest absolute Gasteiger partial charge is 0.247 e. The Balaban J connectivity index is 2.77. The van der Waals surface area contributed by atoms with Crippen LogP contribution in [0.25, 0.3) is 0 Å². The van der Waals surface area contributed by atoms with Gasteiger partial charge in [-0.05, 0) is 12.8 Å². The maximum atomic E-state index is 13.4. The molecule has 0 heterocycles. The van der Waals surface area contributed by atoms with E-state index in [4.69, 9.17) is 0 Å². The molecular formula is C9H13F5. The molecule has 14 heavy (non-hydrogen) atoms. The van der Waals surface area contributed by atoms with E-state index in [-0.39, 0.29) is 12.8 Å². The van der Waals surface area contributed by atoms with Crippen LogP contribution < -0.4 is 0 Å². The van der Waals surface area contributed by atoms with Crippen molar-refractivity contribution >= 4 is 0 Å². The van der Waals surface area contributed by atoms with Crippen LogP contribution in [0, 0.1) is 5.92 Å². The molecule has 0 nitrogen and oxygen atoms in total. The zero-order chi connectivity index (χ0) is 10.8. The van der Waals surface area contributed by atoms with E-state index >= 15 is 0 Å². The lowest BCUT2D eigenvalue weighted by Gasteiger charge is -2.35. The zero-order valence-corrected chi connectivity index (χ0v) is 7.71. The second kappa shape index (κ2) is 4.03. The lowest BCUT2D eigenvalue weighted by atomic mass is 9.78. The second-order valence-electron chi connectivity index (χ2n) is 3.83. The van der Waals surface area contributed by atoms with Crippen LogP contribution in [0.4, 0.5) is 22.0 Å². The van der Waals surface area contributed by atoms with Crippen molar-refractivity contribution in [2.75, 3.05) is 6.67 Å². The van der Waals surface area contributed by atoms with Crippen molar-refractivity contribution in [3.05, 3.63) is 0 Å². The van der Waals surface area contributed by atoms with E-state index < -0.39 is 24.4 Å². The first-order chi connectivity index (χ1) is 6.42. The van der Waals surface area contributed by atoms with Gasteiger partial charge in [0.1, 0.15) is 6.67 Å². The Kier molecular flexibility index (Phi) is 3.37. The molecule has 0 aromatic rings. The van der Waals surface area contributed by atoms with Crippen LogP contribution in [0.15, 0.2) is 0 Å². The number of rotatable bonds is 2. The third kappa shape index (κ3) is 2.01. The largest absolute Gasteiger partial charge is 0.425 e. The molecule has 0 amide bonds. The third-order valence-electron chi connectivity index (χ3n) is 2.92. The predicted octanol–water partition coefficient (Wildman–Crippen LogP) is 3.81. The average Bonchev–Trinajstić information content (AvgIpc) is 2.16. The van der Waals surface area contributed by atoms with E-state index in [1.54, 1.807) is 0 Å². The van der Waals surface area contributed by atoms with Crippen molar-refractivity contribution in [1.29, 1.82) is 0 Å². The molecular weight excluding hydrogens is 203 g/mol. The molecule has 5 heteroatoms. The predicted molar refractivity (Wildman–Crippen MR) is 42.4 cm³/mol. The molecule has 1 unspecified atom stereocenters. The molecule has 1 rings (SSSR count). The summed E-state index contributed by atoms with van der Waals surface area (Å²) in [7, 11) is 0. The van der Waals surface area contributed by atoms with Crippen LogP contribution >= 0.6 is 0 Å². The van der Waals surface area contributed by atoms with E-state index in [9.17, 15) is 22.0 Å². The molecule has 0 radical (unpaired) electrons. The summed E-state index contributed by atoms with van der Waals surface area (Å²) in [6.07, 6.45) is -2.86. The number of halogens is 5. The Morgan fingerprint density at radius 2 is 1.43 bits per heavy atom. The zero-order valence-electron chi connectivity index (χ0n) is 7.71. The monoisotopic (exact) mass is 216 g/mol. The maximum Gasteiger partial charge on any atom is 0.425 e. The minimum Gasteiger partial charge on any atom is -0.247 e. The Labute approximate surface area is 79.5 Å². The van der Waals surface area contributed by atoms with Crippen molar-refractivity contribution in [2.45, 2.75) is 43.9 Å². The fourth-order valence-corrected chi connectivity index (χ4v) is 1.98. The van der Waals surface area contributed by atoms with E-state index in [0.717, 1.165) is 6.42 Å². The molecule has 0 saturated heterocycles. The maximum absolute atomic E-state index is 13.4. The van der Waals surface area contributed by atoms with Gasteiger partial charge in [-0.1, -0.05) is 19.3 Å². The molecule has 1 aliphatic rings. The van der Waals surface area contributed by atoms with Gasteiger partial charge in [0.05, 0.1) is 0 Å².